The number of nitrogens with one attached hydrogen (secondary N) is 1. The van der Waals surface area contributed by atoms with Crippen molar-refractivity contribution >= 4 is 9.84 Å². The van der Waals surface area contributed by atoms with E-state index in [-0.39, 0.29) is 11.5 Å². The molecular weight excluding hydrogens is 340 g/mol. The van der Waals surface area contributed by atoms with Crippen LogP contribution in [0.5, 0.6) is 11.5 Å². The average Bonchev–Trinajstić information content (AvgIpc) is 2.64. The molecule has 2 rings (SSSR count). The van der Waals surface area contributed by atoms with Crippen molar-refractivity contribution in [3.63, 3.8) is 0 Å². The first kappa shape index (κ1) is 19.2. The summed E-state index contributed by atoms with van der Waals surface area (Å²) < 4.78 is 34.1. The minimum Gasteiger partial charge on any atom is -0.493 e. The first-order chi connectivity index (χ1) is 12.0. The van der Waals surface area contributed by atoms with E-state index >= 15 is 0 Å². The van der Waals surface area contributed by atoms with Gasteiger partial charge in [0.25, 0.3) is 0 Å². The molecule has 0 fully saturated rings. The van der Waals surface area contributed by atoms with Gasteiger partial charge in [0.05, 0.1) is 12.9 Å². The third-order valence-corrected chi connectivity index (χ3v) is 5.44. The van der Waals surface area contributed by atoms with Crippen LogP contribution in [0.15, 0.2) is 42.7 Å². The molecule has 1 aromatic heterocycles. The van der Waals surface area contributed by atoms with E-state index in [1.54, 1.807) is 26.4 Å². The van der Waals surface area contributed by atoms with Gasteiger partial charge in [-0.2, -0.15) is 0 Å². The topological polar surface area (TPSA) is 77.5 Å². The molecule has 0 bridgehead atoms. The number of hydrogen-bond acceptors (Lipinski definition) is 6. The van der Waals surface area contributed by atoms with Gasteiger partial charge in [-0.1, -0.05) is 13.0 Å². The molecule has 1 heterocycles. The number of ether oxygens (including phenoxy) is 2. The summed E-state index contributed by atoms with van der Waals surface area (Å²) in [6.45, 7) is 3.09. The Bertz CT molecular complexity index is 764. The minimum absolute atomic E-state index is 0.147. The lowest BCUT2D eigenvalue weighted by molar-refractivity contribution is 0.284. The number of benzene rings is 1. The largest absolute Gasteiger partial charge is 0.493 e. The Labute approximate surface area is 149 Å². The summed E-state index contributed by atoms with van der Waals surface area (Å²) in [5.41, 5.74) is 2.03. The molecule has 0 spiro atoms. The Kier molecular flexibility index (Phi) is 7.21. The van der Waals surface area contributed by atoms with Crippen molar-refractivity contribution < 1.29 is 17.9 Å². The fraction of sp³-hybridized carbons (Fsp3) is 0.389. The fourth-order valence-electron chi connectivity index (χ4n) is 2.19. The highest BCUT2D eigenvalue weighted by molar-refractivity contribution is 7.91. The summed E-state index contributed by atoms with van der Waals surface area (Å²) in [5.74, 6) is 1.63. The lowest BCUT2D eigenvalue weighted by Gasteiger charge is -2.13. The van der Waals surface area contributed by atoms with Crippen molar-refractivity contribution in [2.45, 2.75) is 20.1 Å². The highest BCUT2D eigenvalue weighted by Crippen LogP contribution is 2.28. The van der Waals surface area contributed by atoms with E-state index in [9.17, 15) is 8.42 Å². The summed E-state index contributed by atoms with van der Waals surface area (Å²) in [7, 11) is -1.34. The molecule has 0 aliphatic carbocycles. The predicted molar refractivity (Wildman–Crippen MR) is 97.6 cm³/mol. The van der Waals surface area contributed by atoms with Crippen LogP contribution in [0.2, 0.25) is 0 Å². The first-order valence-corrected chi connectivity index (χ1v) is 9.96. The van der Waals surface area contributed by atoms with Gasteiger partial charge in [0.15, 0.2) is 21.3 Å². The SMILES string of the molecule is CCS(=O)(=O)CCNCc1ccc(OCc2ccncc2)c(OC)c1. The third-order valence-electron chi connectivity index (χ3n) is 3.73. The molecule has 1 aromatic carbocycles. The van der Waals surface area contributed by atoms with Crippen LogP contribution in [-0.4, -0.2) is 38.6 Å². The number of pyridine rings is 1. The number of rotatable bonds is 10. The molecule has 0 aliphatic rings. The predicted octanol–water partition coefficient (Wildman–Crippen LogP) is 2.19. The molecule has 0 atom stereocenters. The van der Waals surface area contributed by atoms with E-state index < -0.39 is 9.84 Å². The smallest absolute Gasteiger partial charge is 0.161 e. The Balaban J connectivity index is 1.90. The Morgan fingerprint density at radius 1 is 1.08 bits per heavy atom. The lowest BCUT2D eigenvalue weighted by atomic mass is 10.2. The fourth-order valence-corrected chi connectivity index (χ4v) is 2.93. The van der Waals surface area contributed by atoms with Crippen LogP contribution >= 0.6 is 0 Å². The molecule has 6 nitrogen and oxygen atoms in total. The van der Waals surface area contributed by atoms with Gasteiger partial charge in [-0.15, -0.1) is 0 Å². The second kappa shape index (κ2) is 9.39. The van der Waals surface area contributed by atoms with Gasteiger partial charge in [0.1, 0.15) is 6.61 Å². The zero-order valence-electron chi connectivity index (χ0n) is 14.6. The quantitative estimate of drug-likeness (QED) is 0.651. The van der Waals surface area contributed by atoms with Gasteiger partial charge in [0.2, 0.25) is 0 Å². The van der Waals surface area contributed by atoms with E-state index in [0.717, 1.165) is 11.1 Å². The van der Waals surface area contributed by atoms with Crippen molar-refractivity contribution in [1.82, 2.24) is 10.3 Å². The minimum atomic E-state index is -2.94. The van der Waals surface area contributed by atoms with E-state index in [1.165, 1.54) is 0 Å². The maximum Gasteiger partial charge on any atom is 0.161 e. The van der Waals surface area contributed by atoms with E-state index in [2.05, 4.69) is 10.3 Å². The molecule has 136 valence electrons. The van der Waals surface area contributed by atoms with Crippen LogP contribution in [0.3, 0.4) is 0 Å². The number of sulfone groups is 1. The number of aromatic nitrogens is 1. The Hall–Kier alpha value is -2.12. The highest BCUT2D eigenvalue weighted by Gasteiger charge is 2.08. The van der Waals surface area contributed by atoms with Crippen molar-refractivity contribution in [2.24, 2.45) is 0 Å². The average molecular weight is 364 g/mol. The van der Waals surface area contributed by atoms with Crippen LogP contribution in [0.4, 0.5) is 0 Å². The van der Waals surface area contributed by atoms with Crippen molar-refractivity contribution in [3.8, 4) is 11.5 Å². The van der Waals surface area contributed by atoms with Crippen LogP contribution in [0.1, 0.15) is 18.1 Å². The van der Waals surface area contributed by atoms with Gasteiger partial charge in [-0.25, -0.2) is 8.42 Å². The van der Waals surface area contributed by atoms with Gasteiger partial charge < -0.3 is 14.8 Å². The zero-order valence-corrected chi connectivity index (χ0v) is 15.4. The monoisotopic (exact) mass is 364 g/mol. The molecule has 7 heteroatoms. The second-order valence-corrected chi connectivity index (χ2v) is 8.02. The molecule has 0 unspecified atom stereocenters. The standard InChI is InChI=1S/C18H24N2O4S/c1-3-25(21,22)11-10-20-13-16-4-5-17(18(12-16)23-2)24-14-15-6-8-19-9-7-15/h4-9,12,20H,3,10-11,13-14H2,1-2H3. The summed E-state index contributed by atoms with van der Waals surface area (Å²) >= 11 is 0. The van der Waals surface area contributed by atoms with Gasteiger partial charge in [0, 0.05) is 31.2 Å². The Morgan fingerprint density at radius 3 is 2.52 bits per heavy atom. The van der Waals surface area contributed by atoms with E-state index in [1.807, 2.05) is 30.3 Å². The van der Waals surface area contributed by atoms with Crippen molar-refractivity contribution in [2.75, 3.05) is 25.2 Å². The molecule has 25 heavy (non-hydrogen) atoms. The second-order valence-electron chi connectivity index (χ2n) is 5.54. The normalized spacial score (nSPS) is 11.3. The molecule has 0 aliphatic heterocycles. The number of methoxy groups -OCH3 is 1. The van der Waals surface area contributed by atoms with Crippen molar-refractivity contribution in [1.29, 1.82) is 0 Å². The first-order valence-electron chi connectivity index (χ1n) is 8.14. The van der Waals surface area contributed by atoms with Gasteiger partial charge in [-0.05, 0) is 35.4 Å². The lowest BCUT2D eigenvalue weighted by Crippen LogP contribution is -2.23. The highest BCUT2D eigenvalue weighted by atomic mass is 32.2. The van der Waals surface area contributed by atoms with Crippen LogP contribution < -0.4 is 14.8 Å². The number of nitrogens with zero attached hydrogens (tertiary/aromatic N) is 1. The summed E-state index contributed by atoms with van der Waals surface area (Å²) in [4.78, 5) is 3.98. The van der Waals surface area contributed by atoms with Gasteiger partial charge >= 0.3 is 0 Å². The number of hydrogen-bond donors (Lipinski definition) is 1. The van der Waals surface area contributed by atoms with Crippen LogP contribution in [-0.2, 0) is 23.0 Å². The molecule has 1 N–H and O–H groups in total. The molecule has 0 saturated carbocycles. The van der Waals surface area contributed by atoms with Crippen LogP contribution in [0, 0.1) is 0 Å². The molecule has 2 aromatic rings. The van der Waals surface area contributed by atoms with Crippen molar-refractivity contribution in [3.05, 3.63) is 53.9 Å². The summed E-state index contributed by atoms with van der Waals surface area (Å²) in [5, 5.41) is 3.14. The molecule has 0 radical (unpaired) electrons. The zero-order chi connectivity index (χ0) is 18.1. The maximum atomic E-state index is 11.5. The molecular formula is C18H24N2O4S. The Morgan fingerprint density at radius 2 is 1.84 bits per heavy atom. The van der Waals surface area contributed by atoms with Crippen LogP contribution in [0.25, 0.3) is 0 Å². The van der Waals surface area contributed by atoms with E-state index in [0.29, 0.717) is 31.2 Å². The van der Waals surface area contributed by atoms with E-state index in [4.69, 9.17) is 9.47 Å². The molecule has 0 amide bonds. The maximum absolute atomic E-state index is 11.5. The summed E-state index contributed by atoms with van der Waals surface area (Å²) in [6, 6.07) is 9.49. The molecule has 0 saturated heterocycles. The summed E-state index contributed by atoms with van der Waals surface area (Å²) in [6.07, 6.45) is 3.45. The third kappa shape index (κ3) is 6.36. The van der Waals surface area contributed by atoms with Gasteiger partial charge in [-0.3, -0.25) is 4.98 Å².